The zero-order chi connectivity index (χ0) is 19.3. The molecule has 0 saturated carbocycles. The molecule has 0 aromatic heterocycles. The summed E-state index contributed by atoms with van der Waals surface area (Å²) in [4.78, 5) is 16.6. The number of carbonyl (C=O) groups excluding carboxylic acids is 1. The molecule has 0 bridgehead atoms. The van der Waals surface area contributed by atoms with E-state index in [-0.39, 0.29) is 11.7 Å². The Hall–Kier alpha value is -4.10. The van der Waals surface area contributed by atoms with Crippen molar-refractivity contribution < 1.29 is 9.90 Å². The largest absolute Gasteiger partial charge is 0.508 e. The summed E-state index contributed by atoms with van der Waals surface area (Å²) >= 11 is 0. The van der Waals surface area contributed by atoms with E-state index in [4.69, 9.17) is 0 Å². The molecule has 4 rings (SSSR count). The Labute approximate surface area is 162 Å². The van der Waals surface area contributed by atoms with Crippen molar-refractivity contribution in [2.24, 2.45) is 4.99 Å². The van der Waals surface area contributed by atoms with Gasteiger partial charge in [0, 0.05) is 16.7 Å². The normalized spacial score (nSPS) is 14.2. The second-order valence-corrected chi connectivity index (χ2v) is 6.23. The van der Waals surface area contributed by atoms with Gasteiger partial charge in [0.2, 0.25) is 0 Å². The first-order valence-electron chi connectivity index (χ1n) is 8.76. The Kier molecular flexibility index (Phi) is 4.73. The molecule has 0 unspecified atom stereocenters. The molecule has 0 spiro atoms. The van der Waals surface area contributed by atoms with Gasteiger partial charge in [-0.3, -0.25) is 4.79 Å². The highest BCUT2D eigenvalue weighted by Gasteiger charge is 2.20. The van der Waals surface area contributed by atoms with Crippen LogP contribution in [-0.2, 0) is 4.79 Å². The van der Waals surface area contributed by atoms with Crippen molar-refractivity contribution >= 4 is 17.8 Å². The Balaban J connectivity index is 1.54. The molecule has 2 N–H and O–H groups in total. The van der Waals surface area contributed by atoms with Crippen LogP contribution in [0.15, 0.2) is 89.6 Å². The zero-order valence-electron chi connectivity index (χ0n) is 14.9. The number of aliphatic imine (C=N–C) groups is 1. The summed E-state index contributed by atoms with van der Waals surface area (Å²) in [6.07, 6.45) is 1.68. The minimum Gasteiger partial charge on any atom is -0.508 e. The topological polar surface area (TPSA) is 61.7 Å². The molecule has 28 heavy (non-hydrogen) atoms. The summed E-state index contributed by atoms with van der Waals surface area (Å²) in [6, 6.07) is 24.0. The van der Waals surface area contributed by atoms with E-state index in [1.54, 1.807) is 30.3 Å². The predicted molar refractivity (Wildman–Crippen MR) is 110 cm³/mol. The number of nitrogens with zero attached hydrogens (tertiary/aromatic N) is 1. The van der Waals surface area contributed by atoms with E-state index in [0.717, 1.165) is 22.3 Å². The first-order chi connectivity index (χ1) is 13.7. The maximum absolute atomic E-state index is 12.2. The third-order valence-corrected chi connectivity index (χ3v) is 4.18. The second kappa shape index (κ2) is 7.65. The van der Waals surface area contributed by atoms with Gasteiger partial charge in [0.15, 0.2) is 0 Å². The lowest BCUT2D eigenvalue weighted by molar-refractivity contribution is -0.115. The lowest BCUT2D eigenvalue weighted by Gasteiger charge is -2.00. The van der Waals surface area contributed by atoms with Crippen molar-refractivity contribution in [3.05, 3.63) is 107 Å². The zero-order valence-corrected chi connectivity index (χ0v) is 14.9. The summed E-state index contributed by atoms with van der Waals surface area (Å²) in [5.41, 5.74) is 3.78. The fraction of sp³-hybridized carbons (Fsp3) is 0. The average molecular weight is 364 g/mol. The van der Waals surface area contributed by atoms with Crippen molar-refractivity contribution in [1.82, 2.24) is 5.32 Å². The van der Waals surface area contributed by atoms with Crippen LogP contribution in [0.3, 0.4) is 0 Å². The molecule has 134 valence electrons. The number of phenols is 1. The third kappa shape index (κ3) is 4.00. The van der Waals surface area contributed by atoms with Crippen LogP contribution in [0.5, 0.6) is 5.75 Å². The van der Waals surface area contributed by atoms with E-state index < -0.39 is 0 Å². The summed E-state index contributed by atoms with van der Waals surface area (Å²) in [5, 5.41) is 12.1. The van der Waals surface area contributed by atoms with Crippen LogP contribution in [-0.4, -0.2) is 16.8 Å². The Morgan fingerprint density at radius 3 is 2.14 bits per heavy atom. The van der Waals surface area contributed by atoms with E-state index in [9.17, 15) is 9.90 Å². The summed E-state index contributed by atoms with van der Waals surface area (Å²) in [7, 11) is 0. The monoisotopic (exact) mass is 364 g/mol. The minimum absolute atomic E-state index is 0.178. The van der Waals surface area contributed by atoms with E-state index in [1.165, 1.54) is 0 Å². The number of nitrogens with one attached hydrogen (secondary N) is 1. The summed E-state index contributed by atoms with van der Waals surface area (Å²) < 4.78 is 0. The first-order valence-corrected chi connectivity index (χ1v) is 8.76. The van der Waals surface area contributed by atoms with Gasteiger partial charge in [0.1, 0.15) is 17.3 Å². The summed E-state index contributed by atoms with van der Waals surface area (Å²) in [6.45, 7) is 0. The van der Waals surface area contributed by atoms with E-state index in [2.05, 4.69) is 22.2 Å². The number of hydrogen-bond acceptors (Lipinski definition) is 3. The molecule has 4 heteroatoms. The van der Waals surface area contributed by atoms with Gasteiger partial charge in [-0.1, -0.05) is 54.3 Å². The minimum atomic E-state index is -0.254. The molecule has 0 saturated heterocycles. The molecule has 4 nitrogen and oxygen atoms in total. The summed E-state index contributed by atoms with van der Waals surface area (Å²) in [5.74, 6) is 6.68. The fourth-order valence-electron chi connectivity index (χ4n) is 2.71. The number of hydrogen-bond donors (Lipinski definition) is 2. The SMILES string of the molecule is O=C1NC(c2ccc(C#Cc3ccccc3)cc2)=N/C1=C/c1ccc(O)cc1. The number of aromatic hydroxyl groups is 1. The van der Waals surface area contributed by atoms with E-state index >= 15 is 0 Å². The molecule has 1 heterocycles. The van der Waals surface area contributed by atoms with Gasteiger partial charge in [-0.25, -0.2) is 4.99 Å². The molecule has 0 fully saturated rings. The Morgan fingerprint density at radius 1 is 0.821 bits per heavy atom. The highest BCUT2D eigenvalue weighted by atomic mass is 16.3. The van der Waals surface area contributed by atoms with Crippen LogP contribution in [0.1, 0.15) is 22.3 Å². The molecular formula is C24H16N2O2. The lowest BCUT2D eigenvalue weighted by atomic mass is 10.1. The van der Waals surface area contributed by atoms with Crippen molar-refractivity contribution in [3.63, 3.8) is 0 Å². The number of rotatable bonds is 2. The standard InChI is InChI=1S/C24H16N2O2/c27-21-14-10-19(11-15-21)16-22-24(28)26-23(25-22)20-12-8-18(9-13-20)7-6-17-4-2-1-3-5-17/h1-5,8-16,27H,(H,25,26,28)/b22-16+. The Bertz CT molecular complexity index is 1130. The van der Waals surface area contributed by atoms with Crippen LogP contribution in [0.4, 0.5) is 0 Å². The molecule has 1 amide bonds. The molecule has 3 aromatic carbocycles. The molecule has 0 atom stereocenters. The van der Waals surface area contributed by atoms with Crippen LogP contribution in [0, 0.1) is 11.8 Å². The highest BCUT2D eigenvalue weighted by molar-refractivity contribution is 6.19. The van der Waals surface area contributed by atoms with Crippen LogP contribution >= 0.6 is 0 Å². The van der Waals surface area contributed by atoms with Gasteiger partial charge < -0.3 is 10.4 Å². The van der Waals surface area contributed by atoms with Crippen molar-refractivity contribution in [3.8, 4) is 17.6 Å². The van der Waals surface area contributed by atoms with E-state index in [1.807, 2.05) is 54.6 Å². The van der Waals surface area contributed by atoms with Gasteiger partial charge in [0.05, 0.1) is 0 Å². The maximum atomic E-state index is 12.2. The number of benzene rings is 3. The van der Waals surface area contributed by atoms with Gasteiger partial charge in [-0.2, -0.15) is 0 Å². The quantitative estimate of drug-likeness (QED) is 0.538. The molecule has 0 aliphatic carbocycles. The van der Waals surface area contributed by atoms with Gasteiger partial charge in [-0.05, 0) is 48.0 Å². The van der Waals surface area contributed by atoms with Crippen LogP contribution in [0.25, 0.3) is 6.08 Å². The number of amidine groups is 1. The second-order valence-electron chi connectivity index (χ2n) is 6.23. The smallest absolute Gasteiger partial charge is 0.275 e. The highest BCUT2D eigenvalue weighted by Crippen LogP contribution is 2.17. The molecular weight excluding hydrogens is 348 g/mol. The van der Waals surface area contributed by atoms with E-state index in [0.29, 0.717) is 11.5 Å². The predicted octanol–water partition coefficient (Wildman–Crippen LogP) is 3.71. The third-order valence-electron chi connectivity index (χ3n) is 4.18. The van der Waals surface area contributed by atoms with Crippen LogP contribution < -0.4 is 5.32 Å². The molecule has 1 aliphatic heterocycles. The van der Waals surface area contributed by atoms with Crippen LogP contribution in [0.2, 0.25) is 0 Å². The van der Waals surface area contributed by atoms with Crippen molar-refractivity contribution in [2.75, 3.05) is 0 Å². The van der Waals surface area contributed by atoms with Gasteiger partial charge >= 0.3 is 0 Å². The first kappa shape index (κ1) is 17.3. The fourth-order valence-corrected chi connectivity index (χ4v) is 2.71. The lowest BCUT2D eigenvalue weighted by Crippen LogP contribution is -2.24. The number of phenolic OH excluding ortho intramolecular Hbond substituents is 1. The van der Waals surface area contributed by atoms with Crippen molar-refractivity contribution in [2.45, 2.75) is 0 Å². The number of amides is 1. The number of carbonyl (C=O) groups is 1. The van der Waals surface area contributed by atoms with Crippen molar-refractivity contribution in [1.29, 1.82) is 0 Å². The maximum Gasteiger partial charge on any atom is 0.275 e. The van der Waals surface area contributed by atoms with Gasteiger partial charge in [-0.15, -0.1) is 0 Å². The van der Waals surface area contributed by atoms with Gasteiger partial charge in [0.25, 0.3) is 5.91 Å². The Morgan fingerprint density at radius 2 is 1.46 bits per heavy atom. The molecule has 1 aliphatic rings. The molecule has 0 radical (unpaired) electrons. The average Bonchev–Trinajstić information content (AvgIpc) is 3.09. The molecule has 3 aromatic rings.